The molecule has 0 aliphatic carbocycles. The molecule has 0 saturated carbocycles. The van der Waals surface area contributed by atoms with Crippen molar-refractivity contribution in [3.05, 3.63) is 58.6 Å². The van der Waals surface area contributed by atoms with Crippen LogP contribution in [0.3, 0.4) is 0 Å². The summed E-state index contributed by atoms with van der Waals surface area (Å²) in [6.07, 6.45) is 0. The summed E-state index contributed by atoms with van der Waals surface area (Å²) in [5.41, 5.74) is 3.08. The van der Waals surface area contributed by atoms with Crippen LogP contribution in [-0.4, -0.2) is 24.1 Å². The fraction of sp³-hybridized carbons (Fsp3) is 0.250. The molecule has 3 nitrogen and oxygen atoms in total. The zero-order valence-electron chi connectivity index (χ0n) is 11.7. The molecule has 106 valence electrons. The minimum absolute atomic E-state index is 0.144. The molecule has 4 heteroatoms. The molecule has 0 amide bonds. The van der Waals surface area contributed by atoms with E-state index in [1.807, 2.05) is 38.4 Å². The van der Waals surface area contributed by atoms with Gasteiger partial charge in [0.15, 0.2) is 0 Å². The Morgan fingerprint density at radius 3 is 2.45 bits per heavy atom. The number of nitrogens with zero attached hydrogens (tertiary/aromatic N) is 1. The highest BCUT2D eigenvalue weighted by atomic mass is 35.5. The van der Waals surface area contributed by atoms with Gasteiger partial charge in [0.05, 0.1) is 5.02 Å². The van der Waals surface area contributed by atoms with Crippen molar-refractivity contribution in [1.82, 2.24) is 4.90 Å². The Hall–Kier alpha value is -1.71. The molecule has 0 fully saturated rings. The average Bonchev–Trinajstić information content (AvgIpc) is 2.41. The molecule has 0 spiro atoms. The average molecular weight is 291 g/mol. The van der Waals surface area contributed by atoms with E-state index in [0.717, 1.165) is 17.8 Å². The molecular weight excluding hydrogens is 272 g/mol. The largest absolute Gasteiger partial charge is 0.506 e. The number of phenolic OH excluding ortho intramolecular Hbond substituents is 1. The topological polar surface area (TPSA) is 35.5 Å². The van der Waals surface area contributed by atoms with Crippen LogP contribution >= 0.6 is 11.6 Å². The molecule has 0 aliphatic heterocycles. The van der Waals surface area contributed by atoms with E-state index in [1.54, 1.807) is 6.07 Å². The summed E-state index contributed by atoms with van der Waals surface area (Å²) in [5, 5.41) is 13.5. The second-order valence-electron chi connectivity index (χ2n) is 5.04. The van der Waals surface area contributed by atoms with Gasteiger partial charge >= 0.3 is 0 Å². The van der Waals surface area contributed by atoms with E-state index in [-0.39, 0.29) is 5.75 Å². The van der Waals surface area contributed by atoms with E-state index in [9.17, 15) is 5.11 Å². The molecule has 0 bridgehead atoms. The minimum Gasteiger partial charge on any atom is -0.506 e. The highest BCUT2D eigenvalue weighted by molar-refractivity contribution is 6.32. The molecule has 2 rings (SSSR count). The molecule has 20 heavy (non-hydrogen) atoms. The van der Waals surface area contributed by atoms with Gasteiger partial charge in [-0.3, -0.25) is 0 Å². The monoisotopic (exact) mass is 290 g/mol. The second kappa shape index (κ2) is 6.64. The number of benzene rings is 2. The number of hydrogen-bond acceptors (Lipinski definition) is 3. The van der Waals surface area contributed by atoms with Crippen molar-refractivity contribution in [2.24, 2.45) is 0 Å². The first kappa shape index (κ1) is 14.7. The van der Waals surface area contributed by atoms with E-state index in [4.69, 9.17) is 11.6 Å². The van der Waals surface area contributed by atoms with E-state index < -0.39 is 0 Å². The Kier molecular flexibility index (Phi) is 4.88. The first-order valence-electron chi connectivity index (χ1n) is 6.50. The Morgan fingerprint density at radius 1 is 1.10 bits per heavy atom. The lowest BCUT2D eigenvalue weighted by atomic mass is 10.1. The van der Waals surface area contributed by atoms with E-state index in [2.05, 4.69) is 22.3 Å². The van der Waals surface area contributed by atoms with Crippen LogP contribution in [0.5, 0.6) is 5.75 Å². The molecule has 2 aromatic rings. The van der Waals surface area contributed by atoms with Gasteiger partial charge in [-0.25, -0.2) is 0 Å². The number of hydrogen-bond donors (Lipinski definition) is 2. The summed E-state index contributed by atoms with van der Waals surface area (Å²) in [6, 6.07) is 13.6. The van der Waals surface area contributed by atoms with Crippen LogP contribution in [-0.2, 0) is 13.1 Å². The molecule has 0 unspecified atom stereocenters. The minimum atomic E-state index is 0.144. The highest BCUT2D eigenvalue weighted by Gasteiger charge is 2.04. The van der Waals surface area contributed by atoms with Gasteiger partial charge < -0.3 is 15.3 Å². The molecule has 0 atom stereocenters. The fourth-order valence-corrected chi connectivity index (χ4v) is 2.19. The summed E-state index contributed by atoms with van der Waals surface area (Å²) in [6.45, 7) is 1.47. The predicted molar refractivity (Wildman–Crippen MR) is 84.3 cm³/mol. The van der Waals surface area contributed by atoms with Gasteiger partial charge in [-0.15, -0.1) is 0 Å². The highest BCUT2D eigenvalue weighted by Crippen LogP contribution is 2.27. The third-order valence-electron chi connectivity index (χ3n) is 3.01. The molecule has 2 N–H and O–H groups in total. The summed E-state index contributed by atoms with van der Waals surface area (Å²) in [5.74, 6) is 0.144. The quantitative estimate of drug-likeness (QED) is 0.881. The predicted octanol–water partition coefficient (Wildman–Crippen LogP) is 3.72. The van der Waals surface area contributed by atoms with Gasteiger partial charge in [-0.05, 0) is 37.9 Å². The number of phenols is 1. The maximum absolute atomic E-state index is 9.84. The zero-order valence-corrected chi connectivity index (χ0v) is 12.5. The lowest BCUT2D eigenvalue weighted by Crippen LogP contribution is -2.10. The standard InChI is InChI=1S/C16H19ClN2O/c1-19(2)11-12-6-8-14(9-7-12)18-10-13-4-3-5-15(17)16(13)20/h3-9,18,20H,10-11H2,1-2H3. The van der Waals surface area contributed by atoms with Crippen molar-refractivity contribution in [3.63, 3.8) is 0 Å². The Balaban J connectivity index is 1.99. The Morgan fingerprint density at radius 2 is 1.80 bits per heavy atom. The van der Waals surface area contributed by atoms with Crippen LogP contribution in [0.25, 0.3) is 0 Å². The number of anilines is 1. The lowest BCUT2D eigenvalue weighted by molar-refractivity contribution is 0.402. The molecule has 2 aromatic carbocycles. The van der Waals surface area contributed by atoms with Crippen LogP contribution in [0.1, 0.15) is 11.1 Å². The van der Waals surface area contributed by atoms with Gasteiger partial charge in [-0.1, -0.05) is 35.9 Å². The summed E-state index contributed by atoms with van der Waals surface area (Å²) >= 11 is 5.88. The van der Waals surface area contributed by atoms with Crippen LogP contribution in [0, 0.1) is 0 Å². The van der Waals surface area contributed by atoms with Crippen LogP contribution in [0.4, 0.5) is 5.69 Å². The van der Waals surface area contributed by atoms with Crippen molar-refractivity contribution < 1.29 is 5.11 Å². The third kappa shape index (κ3) is 3.89. The van der Waals surface area contributed by atoms with Gasteiger partial charge in [0.2, 0.25) is 0 Å². The van der Waals surface area contributed by atoms with E-state index in [0.29, 0.717) is 11.6 Å². The van der Waals surface area contributed by atoms with Gasteiger partial charge in [0, 0.05) is 24.3 Å². The molecule has 0 radical (unpaired) electrons. The summed E-state index contributed by atoms with van der Waals surface area (Å²) in [4.78, 5) is 2.13. The third-order valence-corrected chi connectivity index (χ3v) is 3.31. The lowest BCUT2D eigenvalue weighted by Gasteiger charge is -2.12. The first-order chi connectivity index (χ1) is 9.56. The normalized spacial score (nSPS) is 10.8. The zero-order chi connectivity index (χ0) is 14.5. The maximum Gasteiger partial charge on any atom is 0.139 e. The second-order valence-corrected chi connectivity index (χ2v) is 5.44. The van der Waals surface area contributed by atoms with Crippen LogP contribution in [0.15, 0.2) is 42.5 Å². The Labute approximate surface area is 124 Å². The molecular formula is C16H19ClN2O. The summed E-state index contributed by atoms with van der Waals surface area (Å²) in [7, 11) is 4.10. The van der Waals surface area contributed by atoms with Crippen molar-refractivity contribution in [2.75, 3.05) is 19.4 Å². The molecule has 0 heterocycles. The number of aromatic hydroxyl groups is 1. The van der Waals surface area contributed by atoms with E-state index >= 15 is 0 Å². The van der Waals surface area contributed by atoms with Gasteiger partial charge in [0.25, 0.3) is 0 Å². The smallest absolute Gasteiger partial charge is 0.139 e. The van der Waals surface area contributed by atoms with E-state index in [1.165, 1.54) is 5.56 Å². The first-order valence-corrected chi connectivity index (χ1v) is 6.88. The van der Waals surface area contributed by atoms with Crippen molar-refractivity contribution in [3.8, 4) is 5.75 Å². The van der Waals surface area contributed by atoms with Crippen molar-refractivity contribution >= 4 is 17.3 Å². The molecule has 0 aromatic heterocycles. The Bertz CT molecular complexity index is 567. The van der Waals surface area contributed by atoms with Crippen molar-refractivity contribution in [2.45, 2.75) is 13.1 Å². The number of para-hydroxylation sites is 1. The summed E-state index contributed by atoms with van der Waals surface area (Å²) < 4.78 is 0. The fourth-order valence-electron chi connectivity index (χ4n) is 1.99. The number of nitrogens with one attached hydrogen (secondary N) is 1. The van der Waals surface area contributed by atoms with Crippen molar-refractivity contribution in [1.29, 1.82) is 0 Å². The van der Waals surface area contributed by atoms with Crippen LogP contribution in [0.2, 0.25) is 5.02 Å². The SMILES string of the molecule is CN(C)Cc1ccc(NCc2cccc(Cl)c2O)cc1. The number of halogens is 1. The van der Waals surface area contributed by atoms with Gasteiger partial charge in [0.1, 0.15) is 5.75 Å². The molecule has 0 aliphatic rings. The molecule has 0 saturated heterocycles. The number of rotatable bonds is 5. The van der Waals surface area contributed by atoms with Gasteiger partial charge in [-0.2, -0.15) is 0 Å². The van der Waals surface area contributed by atoms with Crippen LogP contribution < -0.4 is 5.32 Å². The maximum atomic E-state index is 9.84.